The third kappa shape index (κ3) is 2.94. The zero-order chi connectivity index (χ0) is 11.3. The zero-order valence-electron chi connectivity index (χ0n) is 7.67. The summed E-state index contributed by atoms with van der Waals surface area (Å²) >= 11 is 0. The van der Waals surface area contributed by atoms with Gasteiger partial charge in [-0.05, 0) is 11.6 Å². The van der Waals surface area contributed by atoms with Crippen LogP contribution in [0.5, 0.6) is 0 Å². The topological polar surface area (TPSA) is 92.7 Å². The molecule has 1 rings (SSSR count). The molecular weight excluding hydrogens is 202 g/mol. The van der Waals surface area contributed by atoms with E-state index >= 15 is 0 Å². The van der Waals surface area contributed by atoms with E-state index in [0.29, 0.717) is 11.9 Å². The molecule has 0 aliphatic carbocycles. The summed E-state index contributed by atoms with van der Waals surface area (Å²) in [5.74, 6) is -1.18. The number of carboxylic acid groups (broad SMARTS) is 1. The smallest absolute Gasteiger partial charge is 0.352 e. The average molecular weight is 211 g/mol. The number of hydrogen-bond acceptors (Lipinski definition) is 5. The van der Waals surface area contributed by atoms with Crippen molar-refractivity contribution in [2.45, 2.75) is 12.6 Å². The molecule has 0 radical (unpaired) electrons. The van der Waals surface area contributed by atoms with E-state index in [1.807, 2.05) is 0 Å². The van der Waals surface area contributed by atoms with E-state index in [0.717, 1.165) is 0 Å². The summed E-state index contributed by atoms with van der Waals surface area (Å²) in [7, 11) is 0. The van der Waals surface area contributed by atoms with Crippen LogP contribution in [0.3, 0.4) is 0 Å². The third-order valence-corrected chi connectivity index (χ3v) is 1.80. The number of aliphatic carboxylic acids is 1. The van der Waals surface area contributed by atoms with Crippen molar-refractivity contribution in [3.63, 3.8) is 0 Å². The molecule has 1 aliphatic heterocycles. The average Bonchev–Trinajstić information content (AvgIpc) is 2.40. The Hall–Kier alpha value is -2.11. The van der Waals surface area contributed by atoms with E-state index < -0.39 is 12.2 Å². The Bertz CT molecular complexity index is 344. The molecule has 0 amide bonds. The highest BCUT2D eigenvalue weighted by Gasteiger charge is 2.18. The molecule has 6 nitrogen and oxygen atoms in total. The quantitative estimate of drug-likeness (QED) is 0.613. The van der Waals surface area contributed by atoms with Crippen LogP contribution in [0.2, 0.25) is 0 Å². The Labute approximate surface area is 85.2 Å². The standard InChI is InChI=1S/C9H9NO5/c11-4-6-1-2-7(9(13)14)10-8(3-6)15-5-12/h1-2,4-5,8,10H,3H2,(H,13,14). The van der Waals surface area contributed by atoms with Crippen LogP contribution in [-0.4, -0.2) is 30.1 Å². The molecule has 80 valence electrons. The monoisotopic (exact) mass is 211 g/mol. The van der Waals surface area contributed by atoms with E-state index in [-0.39, 0.29) is 18.6 Å². The van der Waals surface area contributed by atoms with Crippen molar-refractivity contribution in [3.05, 3.63) is 23.4 Å². The number of nitrogens with one attached hydrogen (secondary N) is 1. The number of carbonyl (C=O) groups excluding carboxylic acids is 2. The van der Waals surface area contributed by atoms with Crippen molar-refractivity contribution in [3.8, 4) is 0 Å². The summed E-state index contributed by atoms with van der Waals surface area (Å²) in [5, 5.41) is 11.2. The molecule has 0 saturated heterocycles. The molecule has 1 heterocycles. The van der Waals surface area contributed by atoms with Crippen molar-refractivity contribution in [1.82, 2.24) is 5.32 Å². The van der Waals surface area contributed by atoms with Crippen molar-refractivity contribution >= 4 is 18.7 Å². The van der Waals surface area contributed by atoms with Crippen molar-refractivity contribution < 1.29 is 24.2 Å². The first kappa shape index (κ1) is 11.0. The van der Waals surface area contributed by atoms with Gasteiger partial charge in [0.1, 0.15) is 12.0 Å². The predicted molar refractivity (Wildman–Crippen MR) is 48.6 cm³/mol. The first-order valence-corrected chi connectivity index (χ1v) is 4.12. The molecule has 0 aromatic rings. The molecule has 0 aromatic heterocycles. The van der Waals surface area contributed by atoms with Gasteiger partial charge in [0.05, 0.1) is 0 Å². The lowest BCUT2D eigenvalue weighted by Crippen LogP contribution is -2.33. The molecule has 1 atom stereocenters. The predicted octanol–water partition coefficient (Wildman–Crippen LogP) is -0.427. The second kappa shape index (κ2) is 4.94. The summed E-state index contributed by atoms with van der Waals surface area (Å²) in [6.45, 7) is 0.199. The van der Waals surface area contributed by atoms with E-state index in [1.165, 1.54) is 12.2 Å². The van der Waals surface area contributed by atoms with Crippen LogP contribution in [0.1, 0.15) is 6.42 Å². The lowest BCUT2D eigenvalue weighted by atomic mass is 10.2. The van der Waals surface area contributed by atoms with Crippen LogP contribution >= 0.6 is 0 Å². The Morgan fingerprint density at radius 1 is 1.53 bits per heavy atom. The number of carbonyl (C=O) groups is 3. The van der Waals surface area contributed by atoms with Crippen LogP contribution in [0.4, 0.5) is 0 Å². The van der Waals surface area contributed by atoms with Gasteiger partial charge in [-0.15, -0.1) is 0 Å². The first-order valence-electron chi connectivity index (χ1n) is 4.12. The van der Waals surface area contributed by atoms with Crippen molar-refractivity contribution in [2.24, 2.45) is 0 Å². The van der Waals surface area contributed by atoms with Crippen LogP contribution in [0.25, 0.3) is 0 Å². The molecule has 0 aromatic carbocycles. The maximum Gasteiger partial charge on any atom is 0.352 e. The minimum Gasteiger partial charge on any atom is -0.477 e. The number of ether oxygens (including phenoxy) is 1. The van der Waals surface area contributed by atoms with Gasteiger partial charge in [0.25, 0.3) is 6.47 Å². The van der Waals surface area contributed by atoms with E-state index in [2.05, 4.69) is 10.1 Å². The van der Waals surface area contributed by atoms with Gasteiger partial charge in [0.15, 0.2) is 6.23 Å². The lowest BCUT2D eigenvalue weighted by Gasteiger charge is -2.15. The summed E-state index contributed by atoms with van der Waals surface area (Å²) in [4.78, 5) is 31.3. The van der Waals surface area contributed by atoms with Gasteiger partial charge < -0.3 is 15.2 Å². The molecule has 0 fully saturated rings. The molecular formula is C9H9NO5. The van der Waals surface area contributed by atoms with Crippen LogP contribution < -0.4 is 5.32 Å². The minimum atomic E-state index is -1.18. The van der Waals surface area contributed by atoms with Gasteiger partial charge in [-0.3, -0.25) is 9.59 Å². The summed E-state index contributed by atoms with van der Waals surface area (Å²) in [6, 6.07) is 0. The number of rotatable bonds is 4. The van der Waals surface area contributed by atoms with Gasteiger partial charge in [0.2, 0.25) is 0 Å². The normalized spacial score (nSPS) is 20.1. The van der Waals surface area contributed by atoms with E-state index in [4.69, 9.17) is 5.11 Å². The van der Waals surface area contributed by atoms with Gasteiger partial charge in [0, 0.05) is 6.42 Å². The van der Waals surface area contributed by atoms with Gasteiger partial charge in [-0.2, -0.15) is 0 Å². The number of hydrogen-bond donors (Lipinski definition) is 2. The van der Waals surface area contributed by atoms with Crippen LogP contribution in [-0.2, 0) is 19.1 Å². The molecule has 0 saturated carbocycles. The molecule has 2 N–H and O–H groups in total. The molecule has 6 heteroatoms. The highest BCUT2D eigenvalue weighted by atomic mass is 16.5. The largest absolute Gasteiger partial charge is 0.477 e. The first-order chi connectivity index (χ1) is 7.17. The van der Waals surface area contributed by atoms with Gasteiger partial charge in [-0.25, -0.2) is 4.79 Å². The van der Waals surface area contributed by atoms with Crippen LogP contribution in [0.15, 0.2) is 23.4 Å². The van der Waals surface area contributed by atoms with Gasteiger partial charge in [-0.1, -0.05) is 6.08 Å². The van der Waals surface area contributed by atoms with Crippen molar-refractivity contribution in [2.75, 3.05) is 0 Å². The van der Waals surface area contributed by atoms with Crippen molar-refractivity contribution in [1.29, 1.82) is 0 Å². The number of aldehydes is 1. The highest BCUT2D eigenvalue weighted by Crippen LogP contribution is 2.11. The summed E-state index contributed by atoms with van der Waals surface area (Å²) in [6.07, 6.45) is 2.51. The van der Waals surface area contributed by atoms with Gasteiger partial charge >= 0.3 is 5.97 Å². The summed E-state index contributed by atoms with van der Waals surface area (Å²) < 4.78 is 4.58. The highest BCUT2D eigenvalue weighted by molar-refractivity contribution is 5.87. The molecule has 1 aliphatic rings. The Kier molecular flexibility index (Phi) is 3.61. The Balaban J connectivity index is 2.88. The lowest BCUT2D eigenvalue weighted by molar-refractivity contribution is -0.138. The molecule has 0 bridgehead atoms. The maximum absolute atomic E-state index is 10.7. The fourth-order valence-corrected chi connectivity index (χ4v) is 1.11. The summed E-state index contributed by atoms with van der Waals surface area (Å²) in [5.41, 5.74) is 0.226. The molecule has 1 unspecified atom stereocenters. The van der Waals surface area contributed by atoms with E-state index in [1.54, 1.807) is 0 Å². The third-order valence-electron chi connectivity index (χ3n) is 1.80. The molecule has 15 heavy (non-hydrogen) atoms. The zero-order valence-corrected chi connectivity index (χ0v) is 7.67. The minimum absolute atomic E-state index is 0.126. The maximum atomic E-state index is 10.7. The van der Waals surface area contributed by atoms with Crippen LogP contribution in [0, 0.1) is 0 Å². The number of allylic oxidation sites excluding steroid dienone is 2. The fourth-order valence-electron chi connectivity index (χ4n) is 1.11. The Morgan fingerprint density at radius 2 is 2.27 bits per heavy atom. The second-order valence-electron chi connectivity index (χ2n) is 2.81. The second-order valence-corrected chi connectivity index (χ2v) is 2.81. The van der Waals surface area contributed by atoms with E-state index in [9.17, 15) is 14.4 Å². The molecule has 0 spiro atoms. The SMILES string of the molecule is O=COC1CC(C=O)=CC=C(C(=O)O)N1. The Morgan fingerprint density at radius 3 is 2.80 bits per heavy atom. The number of carboxylic acids is 1. The fraction of sp³-hybridized carbons (Fsp3) is 0.222.